The zero-order valence-electron chi connectivity index (χ0n) is 23.1. The number of hydrogen-bond acceptors (Lipinski definition) is 7. The molecule has 10 nitrogen and oxygen atoms in total. The molecule has 1 saturated heterocycles. The van der Waals surface area contributed by atoms with Gasteiger partial charge in [0.1, 0.15) is 5.69 Å². The van der Waals surface area contributed by atoms with Gasteiger partial charge in [-0.2, -0.15) is 0 Å². The molecule has 1 fully saturated rings. The highest BCUT2D eigenvalue weighted by Gasteiger charge is 2.30. The molecule has 0 atom stereocenters. The monoisotopic (exact) mass is 594 g/mol. The number of amides is 1. The predicted octanol–water partition coefficient (Wildman–Crippen LogP) is 4.28. The molecule has 0 saturated carbocycles. The molecular formula is C29H31ClN6O4S. The third-order valence-electron chi connectivity index (χ3n) is 7.29. The van der Waals surface area contributed by atoms with Crippen LogP contribution in [0, 0.1) is 12.8 Å². The highest BCUT2D eigenvalue weighted by Crippen LogP contribution is 2.32. The molecule has 1 amide bonds. The summed E-state index contributed by atoms with van der Waals surface area (Å²) in [6.07, 6.45) is 1.15. The molecule has 0 bridgehead atoms. The first kappa shape index (κ1) is 28.7. The molecular weight excluding hydrogens is 564 g/mol. The number of halogens is 1. The first-order valence-electron chi connectivity index (χ1n) is 13.4. The Bertz CT molecular complexity index is 1620. The summed E-state index contributed by atoms with van der Waals surface area (Å²) >= 11 is 7.77. The van der Waals surface area contributed by atoms with Crippen molar-refractivity contribution in [2.45, 2.75) is 31.8 Å². The Morgan fingerprint density at radius 2 is 1.73 bits per heavy atom. The maximum Gasteiger partial charge on any atom is 0.309 e. The quantitative estimate of drug-likeness (QED) is 0.221. The number of ether oxygens (including phenoxy) is 1. The second kappa shape index (κ2) is 12.4. The largest absolute Gasteiger partial charge is 0.466 e. The number of carbonyl (C=O) groups excluding carboxylic acids is 2. The van der Waals surface area contributed by atoms with Gasteiger partial charge in [0.2, 0.25) is 5.91 Å². The fraction of sp³-hybridized carbons (Fsp3) is 0.345. The topological polar surface area (TPSA) is 104 Å². The van der Waals surface area contributed by atoms with Gasteiger partial charge >= 0.3 is 5.97 Å². The number of esters is 1. The maximum absolute atomic E-state index is 14.0. The second-order valence-corrected chi connectivity index (χ2v) is 11.1. The number of likely N-dealkylation sites (tertiary alicyclic amines) is 1. The lowest BCUT2D eigenvalue weighted by atomic mass is 9.97. The molecule has 2 aromatic carbocycles. The van der Waals surface area contributed by atoms with E-state index in [0.717, 1.165) is 5.69 Å². The van der Waals surface area contributed by atoms with Crippen LogP contribution in [0.3, 0.4) is 0 Å². The van der Waals surface area contributed by atoms with Crippen LogP contribution >= 0.6 is 23.4 Å². The summed E-state index contributed by atoms with van der Waals surface area (Å²) in [4.78, 5) is 41.0. The van der Waals surface area contributed by atoms with Gasteiger partial charge < -0.3 is 9.64 Å². The van der Waals surface area contributed by atoms with Crippen molar-refractivity contribution in [2.24, 2.45) is 13.0 Å². The van der Waals surface area contributed by atoms with E-state index in [4.69, 9.17) is 16.3 Å². The molecule has 0 unspecified atom stereocenters. The normalized spacial score (nSPS) is 13.9. The Hall–Kier alpha value is -3.83. The third-order valence-corrected chi connectivity index (χ3v) is 8.53. The highest BCUT2D eigenvalue weighted by molar-refractivity contribution is 7.99. The van der Waals surface area contributed by atoms with Crippen molar-refractivity contribution >= 4 is 35.2 Å². The summed E-state index contributed by atoms with van der Waals surface area (Å²) in [7, 11) is 1.82. The zero-order chi connectivity index (χ0) is 29.1. The summed E-state index contributed by atoms with van der Waals surface area (Å²) in [6.45, 7) is 4.97. The third kappa shape index (κ3) is 5.69. The van der Waals surface area contributed by atoms with E-state index in [-0.39, 0.29) is 29.1 Å². The number of thioether (sulfide) groups is 1. The number of rotatable bonds is 8. The van der Waals surface area contributed by atoms with Gasteiger partial charge in [-0.1, -0.05) is 53.7 Å². The lowest BCUT2D eigenvalue weighted by Crippen LogP contribution is -2.41. The van der Waals surface area contributed by atoms with Crippen LogP contribution in [0.4, 0.5) is 0 Å². The molecule has 4 aromatic rings. The minimum absolute atomic E-state index is 0.0716. The second-order valence-electron chi connectivity index (χ2n) is 9.73. The summed E-state index contributed by atoms with van der Waals surface area (Å²) in [6, 6.07) is 16.6. The average Bonchev–Trinajstić information content (AvgIpc) is 3.49. The zero-order valence-corrected chi connectivity index (χ0v) is 24.7. The maximum atomic E-state index is 14.0. The van der Waals surface area contributed by atoms with Crippen LogP contribution in [0.25, 0.3) is 22.8 Å². The summed E-state index contributed by atoms with van der Waals surface area (Å²) in [5.74, 6) is 0.0579. The van der Waals surface area contributed by atoms with Crippen LogP contribution < -0.4 is 5.56 Å². The highest BCUT2D eigenvalue weighted by atomic mass is 35.5. The van der Waals surface area contributed by atoms with Gasteiger partial charge in [0.15, 0.2) is 11.0 Å². The number of para-hydroxylation sites is 1. The minimum atomic E-state index is -0.251. The number of nitrogens with zero attached hydrogens (tertiary/aromatic N) is 6. The van der Waals surface area contributed by atoms with Gasteiger partial charge in [-0.3, -0.25) is 23.6 Å². The van der Waals surface area contributed by atoms with Gasteiger partial charge in [0.25, 0.3) is 5.56 Å². The van der Waals surface area contributed by atoms with Gasteiger partial charge in [0.05, 0.1) is 34.7 Å². The van der Waals surface area contributed by atoms with Crippen molar-refractivity contribution in [3.63, 3.8) is 0 Å². The van der Waals surface area contributed by atoms with E-state index in [1.54, 1.807) is 31.8 Å². The van der Waals surface area contributed by atoms with Gasteiger partial charge in [-0.25, -0.2) is 4.68 Å². The first-order chi connectivity index (χ1) is 19.8. The van der Waals surface area contributed by atoms with Crippen LogP contribution in [-0.4, -0.2) is 66.4 Å². The Balaban J connectivity index is 1.47. The van der Waals surface area contributed by atoms with Crippen molar-refractivity contribution in [3.8, 4) is 22.8 Å². The molecule has 214 valence electrons. The molecule has 0 N–H and O–H groups in total. The smallest absolute Gasteiger partial charge is 0.309 e. The molecule has 0 aliphatic carbocycles. The summed E-state index contributed by atoms with van der Waals surface area (Å²) in [5.41, 5.74) is 2.16. The molecule has 3 heterocycles. The number of aromatic nitrogens is 5. The molecule has 41 heavy (non-hydrogen) atoms. The van der Waals surface area contributed by atoms with Crippen LogP contribution in [-0.2, 0) is 21.4 Å². The van der Waals surface area contributed by atoms with Gasteiger partial charge in [-0.05, 0) is 51.0 Å². The Morgan fingerprint density at radius 3 is 2.41 bits per heavy atom. The molecule has 2 aromatic heterocycles. The Labute approximate surface area is 246 Å². The molecule has 0 spiro atoms. The van der Waals surface area contributed by atoms with Gasteiger partial charge in [-0.15, -0.1) is 10.2 Å². The molecule has 12 heteroatoms. The van der Waals surface area contributed by atoms with E-state index in [1.807, 2.05) is 62.5 Å². The van der Waals surface area contributed by atoms with E-state index in [2.05, 4.69) is 10.2 Å². The Kier molecular flexibility index (Phi) is 8.65. The van der Waals surface area contributed by atoms with Crippen molar-refractivity contribution in [2.75, 3.05) is 25.4 Å². The molecule has 1 aliphatic rings. The SMILES string of the molecule is CCOC(=O)C1CCN(C(=O)CSc2nnc(-c3ccccc3Cl)n2-c2c(C)n(C)n(-c3ccccc3)c2=O)CC1. The Morgan fingerprint density at radius 1 is 1.05 bits per heavy atom. The summed E-state index contributed by atoms with van der Waals surface area (Å²) in [5, 5.41) is 9.70. The van der Waals surface area contributed by atoms with Crippen LogP contribution in [0.5, 0.6) is 0 Å². The number of benzene rings is 2. The molecule has 0 radical (unpaired) electrons. The van der Waals surface area contributed by atoms with Gasteiger partial charge in [0, 0.05) is 25.7 Å². The minimum Gasteiger partial charge on any atom is -0.466 e. The fourth-order valence-corrected chi connectivity index (χ4v) is 6.10. The lowest BCUT2D eigenvalue weighted by molar-refractivity contribution is -0.151. The van der Waals surface area contributed by atoms with E-state index < -0.39 is 0 Å². The van der Waals surface area contributed by atoms with E-state index in [9.17, 15) is 14.4 Å². The lowest BCUT2D eigenvalue weighted by Gasteiger charge is -2.30. The number of piperidine rings is 1. The van der Waals surface area contributed by atoms with E-state index >= 15 is 0 Å². The standard InChI is InChI=1S/C29H31ClN6O4S/c1-4-40-28(39)20-14-16-34(17-15-20)24(37)18-41-29-32-31-26(22-12-8-9-13-23(22)30)35(29)25-19(2)33(3)36(27(25)38)21-10-6-5-7-11-21/h5-13,20H,4,14-18H2,1-3H3. The number of carbonyl (C=O) groups is 2. The first-order valence-corrected chi connectivity index (χ1v) is 14.8. The van der Waals surface area contributed by atoms with Crippen molar-refractivity contribution in [1.29, 1.82) is 0 Å². The predicted molar refractivity (Wildman–Crippen MR) is 158 cm³/mol. The van der Waals surface area contributed by atoms with E-state index in [0.29, 0.717) is 65.5 Å². The van der Waals surface area contributed by atoms with Crippen LogP contribution in [0.1, 0.15) is 25.5 Å². The van der Waals surface area contributed by atoms with Crippen molar-refractivity contribution in [1.82, 2.24) is 29.0 Å². The van der Waals surface area contributed by atoms with Crippen LogP contribution in [0.2, 0.25) is 5.02 Å². The van der Waals surface area contributed by atoms with Crippen molar-refractivity contribution < 1.29 is 14.3 Å². The van der Waals surface area contributed by atoms with Crippen LogP contribution in [0.15, 0.2) is 64.5 Å². The average molecular weight is 595 g/mol. The van der Waals surface area contributed by atoms with Crippen molar-refractivity contribution in [3.05, 3.63) is 75.7 Å². The molecule has 5 rings (SSSR count). The summed E-state index contributed by atoms with van der Waals surface area (Å²) < 4.78 is 10.2. The fourth-order valence-electron chi connectivity index (χ4n) is 5.04. The number of hydrogen-bond donors (Lipinski definition) is 0. The van der Waals surface area contributed by atoms with E-state index in [1.165, 1.54) is 11.8 Å². The molecule has 1 aliphatic heterocycles.